The van der Waals surface area contributed by atoms with Crippen LogP contribution < -0.4 is 0 Å². The first-order valence-electron chi connectivity index (χ1n) is 11.6. The van der Waals surface area contributed by atoms with E-state index in [1.807, 2.05) is 42.5 Å². The minimum atomic E-state index is 0.323. The van der Waals surface area contributed by atoms with Crippen LogP contribution in [0.5, 0.6) is 0 Å². The van der Waals surface area contributed by atoms with Crippen molar-refractivity contribution >= 4 is 28.6 Å². The second-order valence-electron chi connectivity index (χ2n) is 8.38. The molecular weight excluding hydrogens is 440 g/mol. The first kappa shape index (κ1) is 23.1. The molecule has 0 saturated heterocycles. The third kappa shape index (κ3) is 5.30. The Hall–Kier alpha value is -2.02. The minimum absolute atomic E-state index is 0.323. The molecule has 0 aliphatic carbocycles. The maximum Gasteiger partial charge on any atom is 0.160 e. The molecule has 1 aromatic carbocycles. The molecule has 170 valence electrons. The summed E-state index contributed by atoms with van der Waals surface area (Å²) < 4.78 is 2.16. The summed E-state index contributed by atoms with van der Waals surface area (Å²) in [6.45, 7) is 2.82. The number of aromatic nitrogens is 3. The average Bonchev–Trinajstić information content (AvgIpc) is 3.33. The van der Waals surface area contributed by atoms with Crippen molar-refractivity contribution in [1.82, 2.24) is 14.8 Å². The largest absolute Gasteiger partial charge is 0.396 e. The summed E-state index contributed by atoms with van der Waals surface area (Å²) in [4.78, 5) is 6.29. The quantitative estimate of drug-likeness (QED) is 0.334. The van der Waals surface area contributed by atoms with Crippen LogP contribution in [0.1, 0.15) is 79.0 Å². The van der Waals surface area contributed by atoms with Crippen molar-refractivity contribution in [3.8, 4) is 5.00 Å². The molecule has 3 heterocycles. The van der Waals surface area contributed by atoms with E-state index in [4.69, 9.17) is 21.7 Å². The van der Waals surface area contributed by atoms with Crippen molar-refractivity contribution in [2.24, 2.45) is 4.99 Å². The molecule has 1 N–H and O–H groups in total. The third-order valence-corrected chi connectivity index (χ3v) is 7.46. The van der Waals surface area contributed by atoms with Gasteiger partial charge in [0.1, 0.15) is 17.4 Å². The number of rotatable bonds is 11. The summed E-state index contributed by atoms with van der Waals surface area (Å²) in [5.74, 6) is 1.77. The number of aliphatic imine (C=N–C) groups is 1. The number of hydrogen-bond acceptors (Lipinski definition) is 5. The number of halogens is 1. The summed E-state index contributed by atoms with van der Waals surface area (Å²) in [5, 5.41) is 19.4. The van der Waals surface area contributed by atoms with Crippen LogP contribution in [0.15, 0.2) is 35.3 Å². The molecule has 5 nitrogen and oxygen atoms in total. The van der Waals surface area contributed by atoms with Crippen LogP contribution in [-0.2, 0) is 13.0 Å². The van der Waals surface area contributed by atoms with Crippen LogP contribution in [-0.4, -0.2) is 32.2 Å². The Balaban J connectivity index is 1.47. The fraction of sp³-hybridized carbons (Fsp3) is 0.480. The Morgan fingerprint density at radius 1 is 0.969 bits per heavy atom. The smallest absolute Gasteiger partial charge is 0.160 e. The molecule has 3 aromatic rings. The topological polar surface area (TPSA) is 63.3 Å². The molecule has 0 atom stereocenters. The average molecular weight is 471 g/mol. The highest BCUT2D eigenvalue weighted by Gasteiger charge is 2.25. The van der Waals surface area contributed by atoms with Gasteiger partial charge < -0.3 is 5.11 Å². The lowest BCUT2D eigenvalue weighted by atomic mass is 10.0. The number of aliphatic hydroxyl groups is 1. The lowest BCUT2D eigenvalue weighted by Gasteiger charge is -2.08. The van der Waals surface area contributed by atoms with E-state index in [2.05, 4.69) is 20.8 Å². The second kappa shape index (κ2) is 11.2. The molecule has 0 saturated carbocycles. The molecule has 1 aliphatic heterocycles. The summed E-state index contributed by atoms with van der Waals surface area (Å²) >= 11 is 8.38. The Bertz CT molecular complexity index is 1070. The highest BCUT2D eigenvalue weighted by atomic mass is 35.5. The van der Waals surface area contributed by atoms with Gasteiger partial charge in [0.05, 0.1) is 5.71 Å². The number of thiophene rings is 1. The van der Waals surface area contributed by atoms with E-state index in [0.29, 0.717) is 13.2 Å². The molecule has 4 rings (SSSR count). The number of aliphatic hydroxyl groups excluding tert-OH is 1. The Kier molecular flexibility index (Phi) is 8.11. The predicted octanol–water partition coefficient (Wildman–Crippen LogP) is 6.30. The molecule has 0 unspecified atom stereocenters. The van der Waals surface area contributed by atoms with E-state index in [1.165, 1.54) is 43.4 Å². The number of unbranched alkanes of at least 4 members (excludes halogenated alkanes) is 7. The monoisotopic (exact) mass is 470 g/mol. The molecule has 0 spiro atoms. The molecular formula is C25H31ClN4OS. The van der Waals surface area contributed by atoms with Crippen molar-refractivity contribution in [3.63, 3.8) is 0 Å². The summed E-state index contributed by atoms with van der Waals surface area (Å²) in [5.41, 5.74) is 3.04. The highest BCUT2D eigenvalue weighted by Crippen LogP contribution is 2.35. The zero-order chi connectivity index (χ0) is 22.3. The van der Waals surface area contributed by atoms with Gasteiger partial charge >= 0.3 is 0 Å². The van der Waals surface area contributed by atoms with E-state index in [9.17, 15) is 0 Å². The molecule has 1 aliphatic rings. The number of nitrogens with zero attached hydrogens (tertiary/aromatic N) is 4. The predicted molar refractivity (Wildman–Crippen MR) is 132 cm³/mol. The number of aryl methyl sites for hydroxylation is 2. The van der Waals surface area contributed by atoms with Crippen molar-refractivity contribution < 1.29 is 5.11 Å². The van der Waals surface area contributed by atoms with Gasteiger partial charge in [-0.15, -0.1) is 21.5 Å². The summed E-state index contributed by atoms with van der Waals surface area (Å²) in [6, 6.07) is 10.2. The van der Waals surface area contributed by atoms with Crippen LogP contribution in [0.25, 0.3) is 5.00 Å². The maximum absolute atomic E-state index is 8.85. The van der Waals surface area contributed by atoms with Crippen molar-refractivity contribution in [2.45, 2.75) is 71.3 Å². The van der Waals surface area contributed by atoms with Crippen LogP contribution in [0.4, 0.5) is 0 Å². The molecule has 0 bridgehead atoms. The fourth-order valence-corrected chi connectivity index (χ4v) is 5.74. The number of benzene rings is 1. The maximum atomic E-state index is 8.85. The molecule has 0 amide bonds. The molecule has 32 heavy (non-hydrogen) atoms. The van der Waals surface area contributed by atoms with E-state index in [0.717, 1.165) is 57.8 Å². The third-order valence-electron chi connectivity index (χ3n) is 5.95. The zero-order valence-corrected chi connectivity index (χ0v) is 20.3. The second-order valence-corrected chi connectivity index (χ2v) is 9.90. The van der Waals surface area contributed by atoms with Gasteiger partial charge in [-0.2, -0.15) is 0 Å². The Morgan fingerprint density at radius 3 is 2.44 bits per heavy atom. The van der Waals surface area contributed by atoms with E-state index in [-0.39, 0.29) is 0 Å². The zero-order valence-electron chi connectivity index (χ0n) is 18.7. The van der Waals surface area contributed by atoms with Crippen LogP contribution in [0, 0.1) is 6.92 Å². The minimum Gasteiger partial charge on any atom is -0.396 e. The summed E-state index contributed by atoms with van der Waals surface area (Å²) in [7, 11) is 0. The normalized spacial score (nSPS) is 12.9. The lowest BCUT2D eigenvalue weighted by molar-refractivity contribution is 0.282. The summed E-state index contributed by atoms with van der Waals surface area (Å²) in [6.07, 6.45) is 10.7. The van der Waals surface area contributed by atoms with Gasteiger partial charge in [-0.25, -0.2) is 0 Å². The standard InChI is InChI=1S/C25H31ClN4OS/c1-18-28-29-23-17-27-24(20-13-9-10-14-22(20)26)21-16-19(32-25(21)30(18)23)12-8-6-4-2-3-5-7-11-15-31/h9-10,13-14,16,31H,2-8,11-12,15,17H2,1H3. The Labute approximate surface area is 199 Å². The van der Waals surface area contributed by atoms with Gasteiger partial charge in [-0.05, 0) is 38.3 Å². The first-order valence-corrected chi connectivity index (χ1v) is 12.8. The fourth-order valence-electron chi connectivity index (χ4n) is 4.25. The van der Waals surface area contributed by atoms with Crippen LogP contribution in [0.2, 0.25) is 5.02 Å². The number of hydrogen-bond donors (Lipinski definition) is 1. The SMILES string of the molecule is Cc1nnc2n1-c1sc(CCCCCCCCCCO)cc1C(c1ccccc1Cl)=NC2. The first-order chi connectivity index (χ1) is 15.7. The Morgan fingerprint density at radius 2 is 1.69 bits per heavy atom. The van der Waals surface area contributed by atoms with E-state index < -0.39 is 0 Å². The van der Waals surface area contributed by atoms with Gasteiger partial charge in [0, 0.05) is 27.6 Å². The van der Waals surface area contributed by atoms with Gasteiger partial charge in [0.25, 0.3) is 0 Å². The molecule has 7 heteroatoms. The van der Waals surface area contributed by atoms with Crippen molar-refractivity contribution in [3.05, 3.63) is 63.0 Å². The van der Waals surface area contributed by atoms with Gasteiger partial charge in [-0.1, -0.05) is 68.3 Å². The van der Waals surface area contributed by atoms with E-state index in [1.54, 1.807) is 0 Å². The lowest BCUT2D eigenvalue weighted by Crippen LogP contribution is -2.05. The number of fused-ring (bicyclic) bond motifs is 3. The molecule has 0 fully saturated rings. The van der Waals surface area contributed by atoms with Crippen LogP contribution >= 0.6 is 22.9 Å². The van der Waals surface area contributed by atoms with Crippen molar-refractivity contribution in [2.75, 3.05) is 6.61 Å². The van der Waals surface area contributed by atoms with Gasteiger partial charge in [0.15, 0.2) is 5.82 Å². The van der Waals surface area contributed by atoms with E-state index >= 15 is 0 Å². The van der Waals surface area contributed by atoms with Gasteiger partial charge in [-0.3, -0.25) is 9.56 Å². The van der Waals surface area contributed by atoms with Crippen molar-refractivity contribution in [1.29, 1.82) is 0 Å². The highest BCUT2D eigenvalue weighted by molar-refractivity contribution is 7.15. The molecule has 2 aromatic heterocycles. The van der Waals surface area contributed by atoms with Crippen LogP contribution in [0.3, 0.4) is 0 Å². The molecule has 0 radical (unpaired) electrons. The van der Waals surface area contributed by atoms with Gasteiger partial charge in [0.2, 0.25) is 0 Å².